The zero-order valence-corrected chi connectivity index (χ0v) is 11.3. The van der Waals surface area contributed by atoms with Gasteiger partial charge in [0.15, 0.2) is 0 Å². The van der Waals surface area contributed by atoms with Gasteiger partial charge in [0, 0.05) is 17.9 Å². The number of rotatable bonds is 2. The van der Waals surface area contributed by atoms with Crippen LogP contribution in [0.15, 0.2) is 61.2 Å². The number of nitriles is 1. The van der Waals surface area contributed by atoms with Gasteiger partial charge in [-0.2, -0.15) is 5.26 Å². The smallest absolute Gasteiger partial charge is 0.0774 e. The fraction of sp³-hybridized carbons (Fsp3) is 0.167. The Balaban J connectivity index is 2.25. The molecule has 0 N–H and O–H groups in total. The van der Waals surface area contributed by atoms with Gasteiger partial charge in [0.25, 0.3) is 0 Å². The monoisotopic (exact) mass is 260 g/mol. The molecule has 0 bridgehead atoms. The van der Waals surface area contributed by atoms with Gasteiger partial charge in [-0.05, 0) is 29.7 Å². The normalized spacial score (nSPS) is 16.6. The third kappa shape index (κ3) is 1.98. The molecule has 98 valence electrons. The molecule has 0 spiro atoms. The lowest BCUT2D eigenvalue weighted by molar-refractivity contribution is 0.861. The molecule has 1 unspecified atom stereocenters. The van der Waals surface area contributed by atoms with Crippen molar-refractivity contribution in [3.8, 4) is 6.07 Å². The van der Waals surface area contributed by atoms with Crippen LogP contribution in [-0.2, 0) is 6.42 Å². The van der Waals surface area contributed by atoms with Crippen molar-refractivity contribution in [2.45, 2.75) is 12.3 Å². The lowest BCUT2D eigenvalue weighted by Crippen LogP contribution is -2.18. The highest BCUT2D eigenvalue weighted by molar-refractivity contribution is 5.73. The highest BCUT2D eigenvalue weighted by Crippen LogP contribution is 2.40. The fourth-order valence-corrected chi connectivity index (χ4v) is 2.88. The van der Waals surface area contributed by atoms with E-state index in [2.05, 4.69) is 41.8 Å². The highest BCUT2D eigenvalue weighted by Gasteiger charge is 2.25. The van der Waals surface area contributed by atoms with Crippen LogP contribution in [0.1, 0.15) is 17.0 Å². The number of hydrogen-bond donors (Lipinski definition) is 0. The summed E-state index contributed by atoms with van der Waals surface area (Å²) in [4.78, 5) is 2.25. The Morgan fingerprint density at radius 1 is 1.15 bits per heavy atom. The van der Waals surface area contributed by atoms with Gasteiger partial charge >= 0.3 is 0 Å². The minimum absolute atomic E-state index is 0.0952. The summed E-state index contributed by atoms with van der Waals surface area (Å²) < 4.78 is 0. The van der Waals surface area contributed by atoms with Gasteiger partial charge in [-0.25, -0.2) is 0 Å². The van der Waals surface area contributed by atoms with Crippen molar-refractivity contribution >= 4 is 11.4 Å². The molecule has 0 aromatic heterocycles. The molecule has 0 amide bonds. The van der Waals surface area contributed by atoms with E-state index < -0.39 is 0 Å². The summed E-state index contributed by atoms with van der Waals surface area (Å²) >= 11 is 0. The minimum atomic E-state index is -0.0952. The molecule has 2 nitrogen and oxygen atoms in total. The van der Waals surface area contributed by atoms with Crippen molar-refractivity contribution in [3.05, 3.63) is 72.3 Å². The minimum Gasteiger partial charge on any atom is -0.337 e. The van der Waals surface area contributed by atoms with Crippen LogP contribution in [0, 0.1) is 11.3 Å². The van der Waals surface area contributed by atoms with Crippen LogP contribution in [0.2, 0.25) is 0 Å². The summed E-state index contributed by atoms with van der Waals surface area (Å²) in [6, 6.07) is 18.9. The van der Waals surface area contributed by atoms with Gasteiger partial charge in [0.05, 0.1) is 12.0 Å². The van der Waals surface area contributed by atoms with Crippen LogP contribution < -0.4 is 4.90 Å². The lowest BCUT2D eigenvalue weighted by Gasteiger charge is -2.25. The third-order valence-electron chi connectivity index (χ3n) is 3.78. The van der Waals surface area contributed by atoms with E-state index in [1.165, 1.54) is 11.3 Å². The van der Waals surface area contributed by atoms with Crippen LogP contribution in [-0.4, -0.2) is 6.54 Å². The number of benzene rings is 2. The number of hydrogen-bond acceptors (Lipinski definition) is 2. The van der Waals surface area contributed by atoms with Crippen molar-refractivity contribution in [2.75, 3.05) is 11.4 Å². The maximum atomic E-state index is 9.52. The standard InChI is InChI=1S/C18H16N2/c1-2-11-20-17-9-5-3-7-14(17)12-15(13-19)16-8-4-6-10-18(16)20/h2-10,15H,1,11-12H2. The highest BCUT2D eigenvalue weighted by atomic mass is 15.1. The molecular weight excluding hydrogens is 244 g/mol. The predicted octanol–water partition coefficient (Wildman–Crippen LogP) is 4.17. The van der Waals surface area contributed by atoms with Crippen LogP contribution in [0.25, 0.3) is 0 Å². The summed E-state index contributed by atoms with van der Waals surface area (Å²) in [6.45, 7) is 4.61. The average Bonchev–Trinajstić information content (AvgIpc) is 2.63. The summed E-state index contributed by atoms with van der Waals surface area (Å²) in [6.07, 6.45) is 2.66. The Morgan fingerprint density at radius 2 is 1.85 bits per heavy atom. The van der Waals surface area contributed by atoms with Crippen molar-refractivity contribution in [1.82, 2.24) is 0 Å². The molecule has 2 aromatic rings. The zero-order chi connectivity index (χ0) is 13.9. The Kier molecular flexibility index (Phi) is 3.26. The van der Waals surface area contributed by atoms with Crippen LogP contribution in [0.5, 0.6) is 0 Å². The van der Waals surface area contributed by atoms with Gasteiger partial charge in [-0.15, -0.1) is 6.58 Å². The molecule has 1 aliphatic rings. The maximum absolute atomic E-state index is 9.52. The van der Waals surface area contributed by atoms with Gasteiger partial charge in [-0.3, -0.25) is 0 Å². The van der Waals surface area contributed by atoms with Crippen molar-refractivity contribution < 1.29 is 0 Å². The number of para-hydroxylation sites is 2. The molecule has 0 radical (unpaired) electrons. The van der Waals surface area contributed by atoms with E-state index in [0.29, 0.717) is 0 Å². The molecule has 2 aromatic carbocycles. The molecule has 2 heteroatoms. The molecule has 1 atom stereocenters. The molecule has 1 aliphatic heterocycles. The van der Waals surface area contributed by atoms with Crippen molar-refractivity contribution in [1.29, 1.82) is 5.26 Å². The summed E-state index contributed by atoms with van der Waals surface area (Å²) in [7, 11) is 0. The Labute approximate surface area is 119 Å². The second kappa shape index (κ2) is 5.22. The first-order valence-corrected chi connectivity index (χ1v) is 6.80. The molecular formula is C18H16N2. The molecule has 0 saturated carbocycles. The van der Waals surface area contributed by atoms with Crippen molar-refractivity contribution in [3.63, 3.8) is 0 Å². The van der Waals surface area contributed by atoms with E-state index in [1.54, 1.807) is 0 Å². The van der Waals surface area contributed by atoms with E-state index in [9.17, 15) is 5.26 Å². The average molecular weight is 260 g/mol. The largest absolute Gasteiger partial charge is 0.337 e. The summed E-state index contributed by atoms with van der Waals surface area (Å²) in [5.74, 6) is -0.0952. The van der Waals surface area contributed by atoms with Crippen LogP contribution in [0.4, 0.5) is 11.4 Å². The molecule has 3 rings (SSSR count). The van der Waals surface area contributed by atoms with Gasteiger partial charge in [0.1, 0.15) is 0 Å². The van der Waals surface area contributed by atoms with E-state index in [1.807, 2.05) is 30.3 Å². The van der Waals surface area contributed by atoms with Gasteiger partial charge in [-0.1, -0.05) is 42.5 Å². The summed E-state index contributed by atoms with van der Waals surface area (Å²) in [5.41, 5.74) is 4.62. The second-order valence-corrected chi connectivity index (χ2v) is 4.97. The van der Waals surface area contributed by atoms with E-state index in [4.69, 9.17) is 0 Å². The molecule has 0 fully saturated rings. The SMILES string of the molecule is C=CCN1c2ccccc2CC(C#N)c2ccccc21. The molecule has 1 heterocycles. The number of anilines is 2. The van der Waals surface area contributed by atoms with E-state index in [0.717, 1.165) is 24.2 Å². The Morgan fingerprint density at radius 3 is 2.60 bits per heavy atom. The first-order chi connectivity index (χ1) is 9.85. The van der Waals surface area contributed by atoms with Gasteiger partial charge in [0.2, 0.25) is 0 Å². The lowest BCUT2D eigenvalue weighted by atomic mass is 9.93. The van der Waals surface area contributed by atoms with Crippen LogP contribution in [0.3, 0.4) is 0 Å². The van der Waals surface area contributed by atoms with Crippen LogP contribution >= 0.6 is 0 Å². The Hall–Kier alpha value is -2.53. The van der Waals surface area contributed by atoms with E-state index >= 15 is 0 Å². The summed E-state index contributed by atoms with van der Waals surface area (Å²) in [5, 5.41) is 9.52. The third-order valence-corrected chi connectivity index (χ3v) is 3.78. The maximum Gasteiger partial charge on any atom is 0.0774 e. The number of fused-ring (bicyclic) bond motifs is 2. The van der Waals surface area contributed by atoms with E-state index in [-0.39, 0.29) is 5.92 Å². The second-order valence-electron chi connectivity index (χ2n) is 4.97. The van der Waals surface area contributed by atoms with Gasteiger partial charge < -0.3 is 4.90 Å². The molecule has 20 heavy (non-hydrogen) atoms. The van der Waals surface area contributed by atoms with Crippen molar-refractivity contribution in [2.24, 2.45) is 0 Å². The first-order valence-electron chi connectivity index (χ1n) is 6.80. The predicted molar refractivity (Wildman–Crippen MR) is 82.1 cm³/mol. The molecule has 0 aliphatic carbocycles. The Bertz CT molecular complexity index is 682. The quantitative estimate of drug-likeness (QED) is 0.758. The molecule has 0 saturated heterocycles. The fourth-order valence-electron chi connectivity index (χ4n) is 2.88. The topological polar surface area (TPSA) is 27.0 Å². The first kappa shape index (κ1) is 12.5. The number of nitrogens with zero attached hydrogens (tertiary/aromatic N) is 2. The zero-order valence-electron chi connectivity index (χ0n) is 11.3.